The molecule has 0 radical (unpaired) electrons. The van der Waals surface area contributed by atoms with E-state index in [-0.39, 0.29) is 12.3 Å². The van der Waals surface area contributed by atoms with Gasteiger partial charge in [-0.05, 0) is 65.7 Å². The molecule has 1 amide bonds. The van der Waals surface area contributed by atoms with Gasteiger partial charge in [-0.15, -0.1) is 0 Å². The van der Waals surface area contributed by atoms with Crippen molar-refractivity contribution in [2.45, 2.75) is 6.42 Å². The molecule has 0 saturated heterocycles. The van der Waals surface area contributed by atoms with Crippen molar-refractivity contribution >= 4 is 24.2 Å². The van der Waals surface area contributed by atoms with E-state index in [1.165, 1.54) is 12.3 Å². The minimum atomic E-state index is -0.481. The summed E-state index contributed by atoms with van der Waals surface area (Å²) >= 11 is 0. The van der Waals surface area contributed by atoms with Gasteiger partial charge in [0.2, 0.25) is 5.91 Å². The number of hydrazone groups is 1. The average Bonchev–Trinajstić information content (AvgIpc) is 3.18. The second kappa shape index (κ2) is 10.6. The average molecular weight is 417 g/mol. The summed E-state index contributed by atoms with van der Waals surface area (Å²) in [6.07, 6.45) is 6.69. The monoisotopic (exact) mass is 417 g/mol. The molecule has 31 heavy (non-hydrogen) atoms. The first-order valence-electron chi connectivity index (χ1n) is 9.59. The number of carbonyl (C=O) groups excluding carboxylic acids is 2. The summed E-state index contributed by atoms with van der Waals surface area (Å²) in [5, 5.41) is 3.96. The Labute approximate surface area is 180 Å². The maximum atomic E-state index is 12.0. The molecule has 3 rings (SSSR count). The van der Waals surface area contributed by atoms with Crippen LogP contribution in [0.2, 0.25) is 0 Å². The first-order chi connectivity index (χ1) is 15.0. The van der Waals surface area contributed by atoms with Crippen LogP contribution in [0.15, 0.2) is 78.0 Å². The highest BCUT2D eigenvalue weighted by molar-refractivity contribution is 5.89. The molecule has 0 aliphatic rings. The van der Waals surface area contributed by atoms with Crippen LogP contribution in [0.5, 0.6) is 11.5 Å². The molecule has 0 atom stereocenters. The third-order valence-electron chi connectivity index (χ3n) is 4.42. The Morgan fingerprint density at radius 2 is 1.68 bits per heavy atom. The third kappa shape index (κ3) is 6.71. The zero-order valence-electron chi connectivity index (χ0n) is 17.3. The van der Waals surface area contributed by atoms with Gasteiger partial charge in [-0.1, -0.05) is 12.1 Å². The Morgan fingerprint density at radius 1 is 1.00 bits per heavy atom. The highest BCUT2D eigenvalue weighted by Gasteiger charge is 2.04. The molecule has 2 aromatic carbocycles. The molecule has 0 bridgehead atoms. The highest BCUT2D eigenvalue weighted by atomic mass is 16.5. The SMILES string of the molecule is COc1ccc(/C=C/C(=O)Oc2ccc(/C=N\NC(=O)Cc3cccn3C)cc2)cc1. The van der Waals surface area contributed by atoms with Crippen LogP contribution in [-0.2, 0) is 23.1 Å². The number of hydrogen-bond donors (Lipinski definition) is 1. The lowest BCUT2D eigenvalue weighted by molar-refractivity contribution is -0.129. The molecule has 3 aromatic rings. The standard InChI is InChI=1S/C24H23N3O4/c1-27-15-3-4-20(27)16-23(28)26-25-17-19-7-12-22(13-8-19)31-24(29)14-9-18-5-10-21(30-2)11-6-18/h3-15,17H,16H2,1-2H3,(H,26,28)/b14-9+,25-17-. The van der Waals surface area contributed by atoms with E-state index in [0.29, 0.717) is 5.75 Å². The summed E-state index contributed by atoms with van der Waals surface area (Å²) in [7, 11) is 3.48. The van der Waals surface area contributed by atoms with Crippen molar-refractivity contribution in [1.29, 1.82) is 0 Å². The number of methoxy groups -OCH3 is 1. The van der Waals surface area contributed by atoms with Gasteiger partial charge in [0.1, 0.15) is 11.5 Å². The van der Waals surface area contributed by atoms with Crippen LogP contribution < -0.4 is 14.9 Å². The quantitative estimate of drug-likeness (QED) is 0.200. The van der Waals surface area contributed by atoms with Crippen molar-refractivity contribution in [3.05, 3.63) is 89.8 Å². The summed E-state index contributed by atoms with van der Waals surface area (Å²) in [6.45, 7) is 0. The van der Waals surface area contributed by atoms with Crippen LogP contribution in [0.1, 0.15) is 16.8 Å². The van der Waals surface area contributed by atoms with Crippen molar-refractivity contribution in [2.75, 3.05) is 7.11 Å². The van der Waals surface area contributed by atoms with E-state index in [1.54, 1.807) is 37.5 Å². The molecule has 1 N–H and O–H groups in total. The molecule has 7 heteroatoms. The number of hydrogen-bond acceptors (Lipinski definition) is 5. The Kier molecular flexibility index (Phi) is 7.37. The first-order valence-corrected chi connectivity index (χ1v) is 9.59. The summed E-state index contributed by atoms with van der Waals surface area (Å²) in [4.78, 5) is 23.9. The van der Waals surface area contributed by atoms with E-state index < -0.39 is 5.97 Å². The molecule has 0 fully saturated rings. The predicted molar refractivity (Wildman–Crippen MR) is 119 cm³/mol. The second-order valence-corrected chi connectivity index (χ2v) is 6.68. The van der Waals surface area contributed by atoms with E-state index in [1.807, 2.05) is 54.2 Å². The summed E-state index contributed by atoms with van der Waals surface area (Å²) in [5.74, 6) is 0.478. The lowest BCUT2D eigenvalue weighted by Gasteiger charge is -2.03. The van der Waals surface area contributed by atoms with Crippen LogP contribution >= 0.6 is 0 Å². The number of nitrogens with zero attached hydrogens (tertiary/aromatic N) is 2. The summed E-state index contributed by atoms with van der Waals surface area (Å²) < 4.78 is 12.3. The van der Waals surface area contributed by atoms with Crippen LogP contribution in [-0.4, -0.2) is 29.8 Å². The Hall–Kier alpha value is -4.13. The van der Waals surface area contributed by atoms with Gasteiger partial charge in [-0.25, -0.2) is 10.2 Å². The molecule has 1 heterocycles. The van der Waals surface area contributed by atoms with Gasteiger partial charge >= 0.3 is 5.97 Å². The Balaban J connectivity index is 1.47. The van der Waals surface area contributed by atoms with E-state index in [9.17, 15) is 9.59 Å². The van der Waals surface area contributed by atoms with Gasteiger partial charge in [0.05, 0.1) is 19.7 Å². The minimum absolute atomic E-state index is 0.202. The summed E-state index contributed by atoms with van der Waals surface area (Å²) in [5.41, 5.74) is 5.02. The number of esters is 1. The number of nitrogens with one attached hydrogen (secondary N) is 1. The maximum absolute atomic E-state index is 12.0. The molecule has 1 aromatic heterocycles. The molecular formula is C24H23N3O4. The van der Waals surface area contributed by atoms with Gasteiger partial charge in [-0.3, -0.25) is 4.79 Å². The van der Waals surface area contributed by atoms with Gasteiger partial charge in [0.25, 0.3) is 0 Å². The maximum Gasteiger partial charge on any atom is 0.336 e. The van der Waals surface area contributed by atoms with Crippen molar-refractivity contribution in [3.63, 3.8) is 0 Å². The van der Waals surface area contributed by atoms with Crippen molar-refractivity contribution in [3.8, 4) is 11.5 Å². The smallest absolute Gasteiger partial charge is 0.336 e. The van der Waals surface area contributed by atoms with Crippen LogP contribution in [0.4, 0.5) is 0 Å². The lowest BCUT2D eigenvalue weighted by atomic mass is 10.2. The number of aryl methyl sites for hydroxylation is 1. The molecule has 158 valence electrons. The summed E-state index contributed by atoms with van der Waals surface area (Å²) in [6, 6.07) is 17.9. The number of amides is 1. The minimum Gasteiger partial charge on any atom is -0.497 e. The second-order valence-electron chi connectivity index (χ2n) is 6.68. The molecular weight excluding hydrogens is 394 g/mol. The highest BCUT2D eigenvalue weighted by Crippen LogP contribution is 2.14. The van der Waals surface area contributed by atoms with E-state index >= 15 is 0 Å². The van der Waals surface area contributed by atoms with Crippen molar-refractivity contribution in [2.24, 2.45) is 12.1 Å². The van der Waals surface area contributed by atoms with E-state index in [4.69, 9.17) is 9.47 Å². The fourth-order valence-corrected chi connectivity index (χ4v) is 2.71. The van der Waals surface area contributed by atoms with Crippen molar-refractivity contribution < 1.29 is 19.1 Å². The number of benzene rings is 2. The zero-order chi connectivity index (χ0) is 22.1. The van der Waals surface area contributed by atoms with Gasteiger partial charge in [0.15, 0.2) is 0 Å². The molecule has 7 nitrogen and oxygen atoms in total. The number of carbonyl (C=O) groups is 2. The molecule has 0 saturated carbocycles. The number of ether oxygens (including phenoxy) is 2. The van der Waals surface area contributed by atoms with Gasteiger partial charge in [0, 0.05) is 25.0 Å². The number of rotatable bonds is 8. The van der Waals surface area contributed by atoms with E-state index in [0.717, 1.165) is 22.6 Å². The zero-order valence-corrected chi connectivity index (χ0v) is 17.3. The Morgan fingerprint density at radius 3 is 2.32 bits per heavy atom. The van der Waals surface area contributed by atoms with Crippen LogP contribution in [0.25, 0.3) is 6.08 Å². The molecule has 0 spiro atoms. The fraction of sp³-hybridized carbons (Fsp3) is 0.125. The topological polar surface area (TPSA) is 81.9 Å². The Bertz CT molecular complexity index is 1080. The van der Waals surface area contributed by atoms with Gasteiger partial charge < -0.3 is 14.0 Å². The molecule has 0 aliphatic carbocycles. The number of aromatic nitrogens is 1. The normalized spacial score (nSPS) is 11.0. The molecule has 0 unspecified atom stereocenters. The van der Waals surface area contributed by atoms with Crippen molar-refractivity contribution in [1.82, 2.24) is 9.99 Å². The first kappa shape index (κ1) is 21.6. The van der Waals surface area contributed by atoms with Crippen LogP contribution in [0, 0.1) is 0 Å². The largest absolute Gasteiger partial charge is 0.497 e. The lowest BCUT2D eigenvalue weighted by Crippen LogP contribution is -2.20. The van der Waals surface area contributed by atoms with Crippen LogP contribution in [0.3, 0.4) is 0 Å². The van der Waals surface area contributed by atoms with E-state index in [2.05, 4.69) is 10.5 Å². The molecule has 0 aliphatic heterocycles. The third-order valence-corrected chi connectivity index (χ3v) is 4.42. The van der Waals surface area contributed by atoms with Gasteiger partial charge in [-0.2, -0.15) is 5.10 Å². The fourth-order valence-electron chi connectivity index (χ4n) is 2.71. The predicted octanol–water partition coefficient (Wildman–Crippen LogP) is 3.35.